The molecule has 11 nitrogen and oxygen atoms in total. The first kappa shape index (κ1) is 79.4. The van der Waals surface area contributed by atoms with Gasteiger partial charge in [-0.2, -0.15) is 0 Å². The number of hydrogen-bond acceptors (Lipinski definition) is 10. The molecule has 1 rings (SSSR count). The number of ether oxygens (including phenoxy) is 3. The van der Waals surface area contributed by atoms with Gasteiger partial charge < -0.3 is 45.1 Å². The van der Waals surface area contributed by atoms with Crippen LogP contribution in [0.1, 0.15) is 374 Å². The molecule has 8 atom stereocenters. The lowest BCUT2D eigenvalue weighted by Gasteiger charge is -2.41. The van der Waals surface area contributed by atoms with Crippen LogP contribution in [0, 0.1) is 0 Å². The van der Waals surface area contributed by atoms with Gasteiger partial charge in [0.05, 0.1) is 25.4 Å². The number of carbonyl (C=O) groups excluding carboxylic acids is 2. The summed E-state index contributed by atoms with van der Waals surface area (Å²) in [6.45, 7) is 5.86. The third kappa shape index (κ3) is 48.1. The second-order valence-corrected chi connectivity index (χ2v) is 25.7. The van der Waals surface area contributed by atoms with Crippen molar-refractivity contribution in [2.45, 2.75) is 423 Å². The van der Waals surface area contributed by atoms with Gasteiger partial charge in [-0.1, -0.05) is 354 Å². The van der Waals surface area contributed by atoms with Gasteiger partial charge in [0, 0.05) is 6.42 Å². The molecule has 1 fully saturated rings. The van der Waals surface area contributed by atoms with Crippen LogP contribution >= 0.6 is 0 Å². The summed E-state index contributed by atoms with van der Waals surface area (Å²) < 4.78 is 17.7. The zero-order chi connectivity index (χ0) is 60.3. The quantitative estimate of drug-likeness (QED) is 0.0195. The van der Waals surface area contributed by atoms with Crippen LogP contribution in [-0.4, -0.2) is 99.6 Å². The molecule has 1 heterocycles. The number of esters is 1. The van der Waals surface area contributed by atoms with Crippen LogP contribution in [0.2, 0.25) is 0 Å². The molecule has 83 heavy (non-hydrogen) atoms. The highest BCUT2D eigenvalue weighted by atomic mass is 16.7. The molecule has 0 aromatic heterocycles. The molecule has 1 saturated heterocycles. The number of nitrogens with one attached hydrogen (secondary N) is 1. The normalized spacial score (nSPS) is 18.5. The molecule has 492 valence electrons. The average Bonchev–Trinajstić information content (AvgIpc) is 3.60. The lowest BCUT2D eigenvalue weighted by Crippen LogP contribution is -2.61. The summed E-state index contributed by atoms with van der Waals surface area (Å²) in [4.78, 5) is 26.7. The van der Waals surface area contributed by atoms with Crippen molar-refractivity contribution in [3.05, 3.63) is 12.2 Å². The Morgan fingerprint density at radius 3 is 1.13 bits per heavy atom. The highest BCUT2D eigenvalue weighted by Gasteiger charge is 2.47. The van der Waals surface area contributed by atoms with Gasteiger partial charge in [-0.25, -0.2) is 0 Å². The van der Waals surface area contributed by atoms with Crippen LogP contribution in [0.25, 0.3) is 0 Å². The Hall–Kier alpha value is -1.60. The number of aliphatic hydroxyl groups excluding tert-OH is 5. The molecule has 1 aliphatic rings. The highest BCUT2D eigenvalue weighted by molar-refractivity contribution is 5.80. The number of rotatable bonds is 64. The van der Waals surface area contributed by atoms with E-state index in [2.05, 4.69) is 26.1 Å². The van der Waals surface area contributed by atoms with E-state index in [0.717, 1.165) is 57.8 Å². The number of aliphatic hydroxyl groups is 5. The first-order valence-electron chi connectivity index (χ1n) is 36.5. The van der Waals surface area contributed by atoms with Gasteiger partial charge in [-0.15, -0.1) is 0 Å². The molecule has 11 heteroatoms. The molecule has 1 amide bonds. The summed E-state index contributed by atoms with van der Waals surface area (Å²) in [5, 5.41) is 57.2. The Kier molecular flexibility index (Phi) is 58.1. The van der Waals surface area contributed by atoms with E-state index in [-0.39, 0.29) is 13.0 Å². The summed E-state index contributed by atoms with van der Waals surface area (Å²) in [6, 6.07) is -1.02. The summed E-state index contributed by atoms with van der Waals surface area (Å²) >= 11 is 0. The number of hydrogen-bond donors (Lipinski definition) is 6. The summed E-state index contributed by atoms with van der Waals surface area (Å²) in [5.74, 6) is -1.17. The Morgan fingerprint density at radius 2 is 0.783 bits per heavy atom. The van der Waals surface area contributed by atoms with Gasteiger partial charge >= 0.3 is 5.97 Å². The van der Waals surface area contributed by atoms with Gasteiger partial charge in [-0.3, -0.25) is 9.59 Å². The number of amides is 1. The maximum atomic E-state index is 13.5. The molecule has 0 saturated carbocycles. The van der Waals surface area contributed by atoms with Crippen LogP contribution in [0.5, 0.6) is 0 Å². The number of allylic oxidation sites excluding steroid dienone is 1. The monoisotopic (exact) mass is 1180 g/mol. The first-order chi connectivity index (χ1) is 40.7. The lowest BCUT2D eigenvalue weighted by molar-refractivity contribution is -0.305. The van der Waals surface area contributed by atoms with Gasteiger partial charge in [0.1, 0.15) is 24.4 Å². The Bertz CT molecular complexity index is 1400. The number of carbonyl (C=O) groups is 2. The third-order valence-electron chi connectivity index (χ3n) is 17.7. The minimum atomic E-state index is -1.61. The van der Waals surface area contributed by atoms with Crippen LogP contribution in [-0.2, 0) is 23.8 Å². The van der Waals surface area contributed by atoms with E-state index in [1.807, 2.05) is 6.08 Å². The van der Waals surface area contributed by atoms with E-state index in [1.165, 1.54) is 270 Å². The van der Waals surface area contributed by atoms with Gasteiger partial charge in [0.2, 0.25) is 5.91 Å². The molecule has 1 aliphatic heterocycles. The van der Waals surface area contributed by atoms with E-state index in [9.17, 15) is 35.1 Å². The highest BCUT2D eigenvalue weighted by Crippen LogP contribution is 2.27. The predicted octanol–water partition coefficient (Wildman–Crippen LogP) is 18.6. The van der Waals surface area contributed by atoms with Crippen molar-refractivity contribution in [3.63, 3.8) is 0 Å². The third-order valence-corrected chi connectivity index (χ3v) is 17.7. The van der Waals surface area contributed by atoms with Gasteiger partial charge in [0.15, 0.2) is 12.4 Å². The Labute approximate surface area is 512 Å². The van der Waals surface area contributed by atoms with Crippen LogP contribution in [0.4, 0.5) is 0 Å². The second-order valence-electron chi connectivity index (χ2n) is 25.7. The average molecular weight is 1180 g/mol. The Balaban J connectivity index is 2.51. The minimum absolute atomic E-state index is 0.132. The molecule has 8 unspecified atom stereocenters. The van der Waals surface area contributed by atoms with E-state index in [0.29, 0.717) is 19.3 Å². The van der Waals surface area contributed by atoms with E-state index in [4.69, 9.17) is 14.2 Å². The predicted molar refractivity (Wildman–Crippen MR) is 348 cm³/mol. The fourth-order valence-corrected chi connectivity index (χ4v) is 12.0. The number of unbranched alkanes of at least 4 members (excludes halogenated alkanes) is 50. The fourth-order valence-electron chi connectivity index (χ4n) is 12.0. The maximum Gasteiger partial charge on any atom is 0.306 e. The van der Waals surface area contributed by atoms with Crippen LogP contribution in [0.3, 0.4) is 0 Å². The largest absolute Gasteiger partial charge is 0.454 e. The second kappa shape index (κ2) is 60.7. The van der Waals surface area contributed by atoms with Crippen LogP contribution < -0.4 is 5.32 Å². The zero-order valence-electron chi connectivity index (χ0n) is 54.9. The minimum Gasteiger partial charge on any atom is -0.454 e. The summed E-state index contributed by atoms with van der Waals surface area (Å²) in [7, 11) is 0. The molecule has 0 radical (unpaired) electrons. The van der Waals surface area contributed by atoms with Crippen molar-refractivity contribution in [1.29, 1.82) is 0 Å². The zero-order valence-corrected chi connectivity index (χ0v) is 54.9. The van der Waals surface area contributed by atoms with Crippen LogP contribution in [0.15, 0.2) is 12.2 Å². The fraction of sp³-hybridized carbons (Fsp3) is 0.944. The molecular weight excluding hydrogens is 1040 g/mol. The van der Waals surface area contributed by atoms with Crippen molar-refractivity contribution in [3.8, 4) is 0 Å². The van der Waals surface area contributed by atoms with Crippen molar-refractivity contribution >= 4 is 11.9 Å². The van der Waals surface area contributed by atoms with E-state index < -0.39 is 67.4 Å². The molecular formula is C72H139NO10. The van der Waals surface area contributed by atoms with Gasteiger partial charge in [-0.05, 0) is 25.7 Å². The lowest BCUT2D eigenvalue weighted by atomic mass is 9.99. The van der Waals surface area contributed by atoms with Crippen molar-refractivity contribution in [1.82, 2.24) is 5.32 Å². The summed E-state index contributed by atoms with van der Waals surface area (Å²) in [5.41, 5.74) is 0. The molecule has 0 spiro atoms. The van der Waals surface area contributed by atoms with Crippen molar-refractivity contribution in [2.75, 3.05) is 13.2 Å². The van der Waals surface area contributed by atoms with Gasteiger partial charge in [0.25, 0.3) is 0 Å². The molecule has 0 bridgehead atoms. The van der Waals surface area contributed by atoms with E-state index >= 15 is 0 Å². The SMILES string of the molecule is CCCCCCCCCCCCC/C=C/C(O)C(COC1OC(CO)C(O)C(O)C1OC(=O)CCCCCCCCCCCCCCCCCCCCCCCCCCCCC)NC(=O)C(O)CCCCCCCCCCCCCCCC. The smallest absolute Gasteiger partial charge is 0.306 e. The summed E-state index contributed by atoms with van der Waals surface area (Å²) in [6.07, 6.45) is 61.3. The molecule has 0 aromatic rings. The standard InChI is InChI=1S/C72H139NO10/c1-4-7-10-13-16-19-22-25-27-28-29-30-31-32-33-34-35-36-37-38-39-42-45-48-51-54-57-60-67(77)83-70-69(79)68(78)66(61-74)82-72(70)81-62-63(64(75)58-55-52-49-46-43-40-24-21-18-15-12-9-6-3)73-71(80)65(76)59-56-53-50-47-44-41-26-23-20-17-14-11-8-5-2/h55,58,63-66,68-70,72,74-76,78-79H,4-54,56-57,59-62H2,1-3H3,(H,73,80)/b58-55+. The van der Waals surface area contributed by atoms with Crippen molar-refractivity contribution in [2.24, 2.45) is 0 Å². The maximum absolute atomic E-state index is 13.5. The topological polar surface area (TPSA) is 175 Å². The molecule has 6 N–H and O–H groups in total. The van der Waals surface area contributed by atoms with E-state index in [1.54, 1.807) is 6.08 Å². The molecule has 0 aromatic carbocycles. The Morgan fingerprint density at radius 1 is 0.458 bits per heavy atom. The van der Waals surface area contributed by atoms with Crippen molar-refractivity contribution < 1.29 is 49.3 Å². The first-order valence-corrected chi connectivity index (χ1v) is 36.5. The molecule has 0 aliphatic carbocycles.